The van der Waals surface area contributed by atoms with Gasteiger partial charge in [0.1, 0.15) is 11.6 Å². The van der Waals surface area contributed by atoms with Crippen molar-refractivity contribution in [2.75, 3.05) is 6.54 Å². The van der Waals surface area contributed by atoms with Crippen molar-refractivity contribution >= 4 is 27.5 Å². The van der Waals surface area contributed by atoms with Gasteiger partial charge in [-0.15, -0.1) is 5.10 Å². The fraction of sp³-hybridized carbons (Fsp3) is 0.429. The van der Waals surface area contributed by atoms with E-state index in [1.807, 2.05) is 13.8 Å². The molecule has 1 heterocycles. The molecule has 2 rings (SSSR count). The first kappa shape index (κ1) is 16.5. The highest BCUT2D eigenvalue weighted by Gasteiger charge is 2.22. The number of likely N-dealkylation sites (N-methyl/N-ethyl adjacent to an activating group) is 1. The van der Waals surface area contributed by atoms with Gasteiger partial charge in [-0.2, -0.15) is 0 Å². The van der Waals surface area contributed by atoms with Gasteiger partial charge in [0, 0.05) is 11.6 Å². The summed E-state index contributed by atoms with van der Waals surface area (Å²) in [6.45, 7) is 4.65. The molecule has 1 atom stereocenters. The number of aryl methyl sites for hydroxylation is 1. The van der Waals surface area contributed by atoms with Crippen LogP contribution in [-0.4, -0.2) is 16.1 Å². The van der Waals surface area contributed by atoms with Gasteiger partial charge in [-0.25, -0.2) is 8.78 Å². The molecule has 0 amide bonds. The standard InChI is InChI=1S/C14H16BrF2N3S/c1-3-11-14(21-20-19-11)12(18-4-2)7-8-10(16)6-5-9(15)13(8)17/h5-6,12,18H,3-4,7H2,1-2H3. The first-order valence-electron chi connectivity index (χ1n) is 6.75. The van der Waals surface area contributed by atoms with E-state index in [2.05, 4.69) is 30.8 Å². The SMILES string of the molecule is CCNC(Cc1c(F)ccc(Br)c1F)c1snnc1CC. The third-order valence-electron chi connectivity index (χ3n) is 3.23. The second kappa shape index (κ2) is 7.38. The second-order valence-corrected chi connectivity index (χ2v) is 6.21. The minimum Gasteiger partial charge on any atom is -0.309 e. The number of hydrogen-bond acceptors (Lipinski definition) is 4. The average molecular weight is 376 g/mol. The lowest BCUT2D eigenvalue weighted by molar-refractivity contribution is 0.499. The molecule has 0 bridgehead atoms. The third-order valence-corrected chi connectivity index (χ3v) is 4.73. The van der Waals surface area contributed by atoms with Crippen LogP contribution in [0.3, 0.4) is 0 Å². The Kier molecular flexibility index (Phi) is 5.78. The van der Waals surface area contributed by atoms with Crippen LogP contribution in [0.1, 0.15) is 36.0 Å². The van der Waals surface area contributed by atoms with Crippen LogP contribution in [0.15, 0.2) is 16.6 Å². The molecule has 0 aliphatic rings. The topological polar surface area (TPSA) is 37.8 Å². The molecule has 21 heavy (non-hydrogen) atoms. The highest BCUT2D eigenvalue weighted by Crippen LogP contribution is 2.29. The molecule has 1 aromatic heterocycles. The van der Waals surface area contributed by atoms with Crippen LogP contribution >= 0.6 is 27.5 Å². The molecule has 3 nitrogen and oxygen atoms in total. The lowest BCUT2D eigenvalue weighted by atomic mass is 10.0. The Morgan fingerprint density at radius 3 is 2.76 bits per heavy atom. The molecule has 1 unspecified atom stereocenters. The Labute approximate surface area is 135 Å². The van der Waals surface area contributed by atoms with Crippen LogP contribution in [0, 0.1) is 11.6 Å². The van der Waals surface area contributed by atoms with Crippen LogP contribution in [0.4, 0.5) is 8.78 Å². The van der Waals surface area contributed by atoms with E-state index < -0.39 is 11.6 Å². The average Bonchev–Trinajstić information content (AvgIpc) is 2.95. The Morgan fingerprint density at radius 2 is 2.10 bits per heavy atom. The summed E-state index contributed by atoms with van der Waals surface area (Å²) in [6.07, 6.45) is 0.971. The number of benzene rings is 1. The summed E-state index contributed by atoms with van der Waals surface area (Å²) in [7, 11) is 0. The Balaban J connectivity index is 2.35. The first-order valence-corrected chi connectivity index (χ1v) is 8.31. The van der Waals surface area contributed by atoms with Crippen molar-refractivity contribution in [2.24, 2.45) is 0 Å². The number of rotatable bonds is 6. The van der Waals surface area contributed by atoms with E-state index in [1.165, 1.54) is 23.7 Å². The number of halogens is 3. The predicted octanol–water partition coefficient (Wildman–Crippen LogP) is 4.03. The van der Waals surface area contributed by atoms with Gasteiger partial charge in [-0.3, -0.25) is 0 Å². The zero-order valence-electron chi connectivity index (χ0n) is 11.8. The Bertz CT molecular complexity index is 618. The smallest absolute Gasteiger partial charge is 0.143 e. The molecule has 114 valence electrons. The maximum atomic E-state index is 14.1. The molecule has 0 saturated heterocycles. The summed E-state index contributed by atoms with van der Waals surface area (Å²) in [4.78, 5) is 0.943. The number of nitrogens with one attached hydrogen (secondary N) is 1. The molecule has 0 saturated carbocycles. The number of nitrogens with zero attached hydrogens (tertiary/aromatic N) is 2. The van der Waals surface area contributed by atoms with Gasteiger partial charge in [0.2, 0.25) is 0 Å². The summed E-state index contributed by atoms with van der Waals surface area (Å²) in [5.74, 6) is -1.08. The monoisotopic (exact) mass is 375 g/mol. The zero-order valence-corrected chi connectivity index (χ0v) is 14.2. The molecule has 1 aromatic carbocycles. The van der Waals surface area contributed by atoms with E-state index in [0.29, 0.717) is 6.54 Å². The van der Waals surface area contributed by atoms with Gasteiger partial charge in [-0.1, -0.05) is 18.3 Å². The molecule has 0 radical (unpaired) electrons. The van der Waals surface area contributed by atoms with E-state index in [-0.39, 0.29) is 22.5 Å². The van der Waals surface area contributed by atoms with E-state index in [9.17, 15) is 8.78 Å². The van der Waals surface area contributed by atoms with E-state index in [1.54, 1.807) is 0 Å². The maximum Gasteiger partial charge on any atom is 0.143 e. The van der Waals surface area contributed by atoms with Crippen LogP contribution in [-0.2, 0) is 12.8 Å². The molecule has 0 fully saturated rings. The van der Waals surface area contributed by atoms with Crippen molar-refractivity contribution in [3.63, 3.8) is 0 Å². The molecule has 0 aliphatic carbocycles. The third kappa shape index (κ3) is 3.64. The zero-order chi connectivity index (χ0) is 15.4. The van der Waals surface area contributed by atoms with Gasteiger partial charge in [0.05, 0.1) is 15.0 Å². The largest absolute Gasteiger partial charge is 0.309 e. The normalized spacial score (nSPS) is 12.6. The van der Waals surface area contributed by atoms with Gasteiger partial charge in [-0.05, 0) is 59.0 Å². The molecule has 7 heteroatoms. The number of aromatic nitrogens is 2. The predicted molar refractivity (Wildman–Crippen MR) is 83.5 cm³/mol. The lowest BCUT2D eigenvalue weighted by Gasteiger charge is -2.18. The van der Waals surface area contributed by atoms with E-state index >= 15 is 0 Å². The highest BCUT2D eigenvalue weighted by atomic mass is 79.9. The van der Waals surface area contributed by atoms with Crippen molar-refractivity contribution < 1.29 is 8.78 Å². The van der Waals surface area contributed by atoms with Crippen LogP contribution in [0.2, 0.25) is 0 Å². The van der Waals surface area contributed by atoms with Crippen molar-refractivity contribution in [1.82, 2.24) is 14.9 Å². The second-order valence-electron chi connectivity index (χ2n) is 4.57. The summed E-state index contributed by atoms with van der Waals surface area (Å²) in [6, 6.07) is 2.46. The van der Waals surface area contributed by atoms with Gasteiger partial charge in [0.25, 0.3) is 0 Å². The Hall–Kier alpha value is -0.920. The van der Waals surface area contributed by atoms with Crippen LogP contribution in [0.5, 0.6) is 0 Å². The molecular formula is C14H16BrF2N3S. The minimum atomic E-state index is -0.548. The van der Waals surface area contributed by atoms with Gasteiger partial charge >= 0.3 is 0 Å². The molecule has 0 spiro atoms. The highest BCUT2D eigenvalue weighted by molar-refractivity contribution is 9.10. The van der Waals surface area contributed by atoms with Crippen molar-refractivity contribution in [3.8, 4) is 0 Å². The number of hydrogen-bond donors (Lipinski definition) is 1. The van der Waals surface area contributed by atoms with Crippen LogP contribution in [0.25, 0.3) is 0 Å². The maximum absolute atomic E-state index is 14.1. The molecular weight excluding hydrogens is 360 g/mol. The summed E-state index contributed by atoms with van der Waals surface area (Å²) >= 11 is 4.38. The fourth-order valence-electron chi connectivity index (χ4n) is 2.19. The van der Waals surface area contributed by atoms with Crippen molar-refractivity contribution in [3.05, 3.63) is 44.4 Å². The van der Waals surface area contributed by atoms with Gasteiger partial charge < -0.3 is 5.32 Å². The molecule has 1 N–H and O–H groups in total. The van der Waals surface area contributed by atoms with E-state index in [0.717, 1.165) is 17.0 Å². The van der Waals surface area contributed by atoms with Crippen molar-refractivity contribution in [1.29, 1.82) is 0 Å². The molecule has 2 aromatic rings. The quantitative estimate of drug-likeness (QED) is 0.774. The van der Waals surface area contributed by atoms with Crippen molar-refractivity contribution in [2.45, 2.75) is 32.7 Å². The summed E-state index contributed by atoms with van der Waals surface area (Å²) < 4.78 is 32.3. The van der Waals surface area contributed by atoms with Gasteiger partial charge in [0.15, 0.2) is 0 Å². The summed E-state index contributed by atoms with van der Waals surface area (Å²) in [5, 5.41) is 7.34. The fourth-order valence-corrected chi connectivity index (χ4v) is 3.37. The lowest BCUT2D eigenvalue weighted by Crippen LogP contribution is -2.24. The minimum absolute atomic E-state index is 0.0748. The summed E-state index contributed by atoms with van der Waals surface area (Å²) in [5.41, 5.74) is 0.951. The molecule has 0 aliphatic heterocycles. The van der Waals surface area contributed by atoms with E-state index in [4.69, 9.17) is 0 Å². The Morgan fingerprint density at radius 1 is 1.33 bits per heavy atom. The van der Waals surface area contributed by atoms with Crippen LogP contribution < -0.4 is 5.32 Å². The first-order chi connectivity index (χ1) is 10.1.